The summed E-state index contributed by atoms with van der Waals surface area (Å²) in [7, 11) is 0. The molecular formula is C11H14N2. The monoisotopic (exact) mass is 174 g/mol. The number of hydrogen-bond acceptors (Lipinski definition) is 1. The number of hydrogen-bond donors (Lipinski definition) is 2. The molecule has 2 heteroatoms. The highest BCUT2D eigenvalue weighted by atomic mass is 14.7. The second kappa shape index (κ2) is 3.13. The average Bonchev–Trinajstić information content (AvgIpc) is 2.51. The molecule has 0 aliphatic rings. The van der Waals surface area contributed by atoms with E-state index in [1.807, 2.05) is 12.1 Å². The lowest BCUT2D eigenvalue weighted by Crippen LogP contribution is -1.85. The molecule has 0 saturated heterocycles. The number of nitrogens with one attached hydrogen (secondary N) is 1. The van der Waals surface area contributed by atoms with Crippen LogP contribution in [0.15, 0.2) is 24.4 Å². The van der Waals surface area contributed by atoms with Crippen molar-refractivity contribution in [1.29, 1.82) is 0 Å². The van der Waals surface area contributed by atoms with Crippen molar-refractivity contribution in [2.45, 2.75) is 19.8 Å². The summed E-state index contributed by atoms with van der Waals surface area (Å²) in [6.45, 7) is 2.19. The Kier molecular flexibility index (Phi) is 1.97. The maximum atomic E-state index is 5.83. The Morgan fingerprint density at radius 3 is 3.00 bits per heavy atom. The lowest BCUT2D eigenvalue weighted by atomic mass is 10.1. The highest BCUT2D eigenvalue weighted by Crippen LogP contribution is 2.23. The highest BCUT2D eigenvalue weighted by molar-refractivity contribution is 5.92. The Bertz CT molecular complexity index is 415. The standard InChI is InChI=1S/C11H14N2/c1-2-4-8-7-13-11-9(8)5-3-6-10(11)12/h3,5-7,13H,2,4,12H2,1H3. The quantitative estimate of drug-likeness (QED) is 0.675. The van der Waals surface area contributed by atoms with Gasteiger partial charge in [-0.25, -0.2) is 0 Å². The minimum Gasteiger partial charge on any atom is -0.397 e. The first-order chi connectivity index (χ1) is 6.33. The van der Waals surface area contributed by atoms with Crippen molar-refractivity contribution in [2.24, 2.45) is 0 Å². The number of nitrogen functional groups attached to an aromatic ring is 1. The first-order valence-corrected chi connectivity index (χ1v) is 4.67. The Morgan fingerprint density at radius 1 is 1.38 bits per heavy atom. The van der Waals surface area contributed by atoms with Crippen LogP contribution in [0.3, 0.4) is 0 Å². The molecule has 2 rings (SSSR count). The van der Waals surface area contributed by atoms with Crippen molar-refractivity contribution < 1.29 is 0 Å². The van der Waals surface area contributed by atoms with Crippen LogP contribution in [0.2, 0.25) is 0 Å². The van der Waals surface area contributed by atoms with E-state index in [1.54, 1.807) is 0 Å². The highest BCUT2D eigenvalue weighted by Gasteiger charge is 2.03. The number of benzene rings is 1. The molecule has 0 spiro atoms. The predicted molar refractivity (Wildman–Crippen MR) is 56.7 cm³/mol. The number of aromatic amines is 1. The maximum Gasteiger partial charge on any atom is 0.0690 e. The molecule has 0 bridgehead atoms. The molecule has 0 aliphatic carbocycles. The van der Waals surface area contributed by atoms with E-state index in [2.05, 4.69) is 24.2 Å². The number of rotatable bonds is 2. The first-order valence-electron chi connectivity index (χ1n) is 4.67. The van der Waals surface area contributed by atoms with Gasteiger partial charge in [0.1, 0.15) is 0 Å². The zero-order valence-corrected chi connectivity index (χ0v) is 7.80. The third kappa shape index (κ3) is 1.28. The Morgan fingerprint density at radius 2 is 2.23 bits per heavy atom. The van der Waals surface area contributed by atoms with Gasteiger partial charge in [-0.3, -0.25) is 0 Å². The van der Waals surface area contributed by atoms with E-state index in [-0.39, 0.29) is 0 Å². The van der Waals surface area contributed by atoms with E-state index >= 15 is 0 Å². The third-order valence-electron chi connectivity index (χ3n) is 2.35. The molecule has 1 heterocycles. The largest absolute Gasteiger partial charge is 0.397 e. The summed E-state index contributed by atoms with van der Waals surface area (Å²) in [5, 5.41) is 1.27. The lowest BCUT2D eigenvalue weighted by Gasteiger charge is -1.97. The number of para-hydroxylation sites is 1. The second-order valence-corrected chi connectivity index (χ2v) is 3.33. The van der Waals surface area contributed by atoms with Crippen LogP contribution in [-0.4, -0.2) is 4.98 Å². The molecule has 1 aromatic heterocycles. The second-order valence-electron chi connectivity index (χ2n) is 3.33. The Balaban J connectivity index is 2.61. The van der Waals surface area contributed by atoms with Gasteiger partial charge in [-0.2, -0.15) is 0 Å². The van der Waals surface area contributed by atoms with E-state index < -0.39 is 0 Å². The minimum absolute atomic E-state index is 0.833. The Labute approximate surface area is 77.8 Å². The SMILES string of the molecule is CCCc1c[nH]c2c(N)cccc12. The lowest BCUT2D eigenvalue weighted by molar-refractivity contribution is 0.929. The molecule has 0 unspecified atom stereocenters. The van der Waals surface area contributed by atoms with Crippen LogP contribution >= 0.6 is 0 Å². The van der Waals surface area contributed by atoms with Gasteiger partial charge < -0.3 is 10.7 Å². The van der Waals surface area contributed by atoms with Crippen molar-refractivity contribution in [3.05, 3.63) is 30.0 Å². The molecule has 2 nitrogen and oxygen atoms in total. The van der Waals surface area contributed by atoms with Crippen molar-refractivity contribution >= 4 is 16.6 Å². The molecule has 2 aromatic rings. The first kappa shape index (κ1) is 8.17. The molecular weight excluding hydrogens is 160 g/mol. The van der Waals surface area contributed by atoms with Gasteiger partial charge in [0.15, 0.2) is 0 Å². The van der Waals surface area contributed by atoms with Gasteiger partial charge in [0.25, 0.3) is 0 Å². The molecule has 0 amide bonds. The van der Waals surface area contributed by atoms with Gasteiger partial charge in [-0.15, -0.1) is 0 Å². The molecule has 0 radical (unpaired) electrons. The van der Waals surface area contributed by atoms with Crippen LogP contribution in [-0.2, 0) is 6.42 Å². The fourth-order valence-electron chi connectivity index (χ4n) is 1.71. The number of nitrogens with two attached hydrogens (primary N) is 1. The molecule has 0 atom stereocenters. The molecule has 13 heavy (non-hydrogen) atoms. The summed E-state index contributed by atoms with van der Waals surface area (Å²) in [5.74, 6) is 0. The van der Waals surface area contributed by atoms with Gasteiger partial charge in [0.05, 0.1) is 11.2 Å². The van der Waals surface area contributed by atoms with E-state index in [9.17, 15) is 0 Å². The van der Waals surface area contributed by atoms with Crippen molar-refractivity contribution in [2.75, 3.05) is 5.73 Å². The number of fused-ring (bicyclic) bond motifs is 1. The summed E-state index contributed by atoms with van der Waals surface area (Å²) < 4.78 is 0. The van der Waals surface area contributed by atoms with E-state index in [0.29, 0.717) is 0 Å². The Hall–Kier alpha value is -1.44. The summed E-state index contributed by atoms with van der Waals surface area (Å²) in [4.78, 5) is 3.22. The molecule has 0 saturated carbocycles. The third-order valence-corrected chi connectivity index (χ3v) is 2.35. The number of H-pyrrole nitrogens is 1. The van der Waals surface area contributed by atoms with E-state index in [4.69, 9.17) is 5.73 Å². The van der Waals surface area contributed by atoms with Crippen LogP contribution in [0, 0.1) is 0 Å². The minimum atomic E-state index is 0.833. The van der Waals surface area contributed by atoms with Crippen LogP contribution in [0.4, 0.5) is 5.69 Å². The predicted octanol–water partition coefficient (Wildman–Crippen LogP) is 2.70. The molecule has 68 valence electrons. The van der Waals surface area contributed by atoms with Gasteiger partial charge in [-0.1, -0.05) is 25.5 Å². The topological polar surface area (TPSA) is 41.8 Å². The summed E-state index contributed by atoms with van der Waals surface area (Å²) in [5.41, 5.74) is 9.11. The molecule has 3 N–H and O–H groups in total. The van der Waals surface area contributed by atoms with Crippen LogP contribution < -0.4 is 5.73 Å². The van der Waals surface area contributed by atoms with Crippen molar-refractivity contribution in [3.8, 4) is 0 Å². The normalized spacial score (nSPS) is 10.8. The van der Waals surface area contributed by atoms with Crippen LogP contribution in [0.1, 0.15) is 18.9 Å². The average molecular weight is 174 g/mol. The summed E-state index contributed by atoms with van der Waals surface area (Å²) >= 11 is 0. The van der Waals surface area contributed by atoms with Gasteiger partial charge in [0.2, 0.25) is 0 Å². The fraction of sp³-hybridized carbons (Fsp3) is 0.273. The molecule has 1 aromatic carbocycles. The summed E-state index contributed by atoms with van der Waals surface area (Å²) in [6, 6.07) is 6.05. The summed E-state index contributed by atoms with van der Waals surface area (Å²) in [6.07, 6.45) is 4.34. The fourth-order valence-corrected chi connectivity index (χ4v) is 1.71. The maximum absolute atomic E-state index is 5.83. The number of aromatic nitrogens is 1. The van der Waals surface area contributed by atoms with Gasteiger partial charge >= 0.3 is 0 Å². The van der Waals surface area contributed by atoms with Crippen molar-refractivity contribution in [1.82, 2.24) is 4.98 Å². The zero-order valence-electron chi connectivity index (χ0n) is 7.80. The zero-order chi connectivity index (χ0) is 9.26. The number of anilines is 1. The number of aryl methyl sites for hydroxylation is 1. The van der Waals surface area contributed by atoms with Crippen LogP contribution in [0.5, 0.6) is 0 Å². The van der Waals surface area contributed by atoms with Gasteiger partial charge in [0, 0.05) is 11.6 Å². The molecule has 0 aliphatic heterocycles. The van der Waals surface area contributed by atoms with E-state index in [0.717, 1.165) is 17.6 Å². The van der Waals surface area contributed by atoms with Crippen molar-refractivity contribution in [3.63, 3.8) is 0 Å². The smallest absolute Gasteiger partial charge is 0.0690 e. The van der Waals surface area contributed by atoms with E-state index in [1.165, 1.54) is 17.4 Å². The van der Waals surface area contributed by atoms with Gasteiger partial charge in [-0.05, 0) is 18.1 Å². The van der Waals surface area contributed by atoms with Crippen LogP contribution in [0.25, 0.3) is 10.9 Å². The molecule has 0 fully saturated rings.